The monoisotopic (exact) mass is 273 g/mol. The number of hydrogen-bond acceptors (Lipinski definition) is 3. The molecular weight excluding hydrogens is 260 g/mol. The van der Waals surface area contributed by atoms with Gasteiger partial charge in [-0.15, -0.1) is 0 Å². The minimum absolute atomic E-state index is 0.0427. The number of aliphatic carboxylic acids is 1. The van der Waals surface area contributed by atoms with Gasteiger partial charge in [0.05, 0.1) is 6.61 Å². The summed E-state index contributed by atoms with van der Waals surface area (Å²) in [5.41, 5.74) is -0.494. The van der Waals surface area contributed by atoms with E-state index in [0.717, 1.165) is 6.07 Å². The van der Waals surface area contributed by atoms with Crippen molar-refractivity contribution in [2.24, 2.45) is 0 Å². The van der Waals surface area contributed by atoms with Crippen LogP contribution in [0.15, 0.2) is 12.1 Å². The highest BCUT2D eigenvalue weighted by atomic mass is 19.1. The van der Waals surface area contributed by atoms with E-state index >= 15 is 0 Å². The normalized spacial score (nSPS) is 10.3. The molecule has 1 aromatic carbocycles. The number of nitrogens with one attached hydrogen (secondary N) is 1. The third kappa shape index (κ3) is 4.29. The molecule has 1 amide bonds. The number of carboxylic acids is 1. The summed E-state index contributed by atoms with van der Waals surface area (Å²) >= 11 is 0. The van der Waals surface area contributed by atoms with Crippen LogP contribution in [0.25, 0.3) is 0 Å². The summed E-state index contributed by atoms with van der Waals surface area (Å²) < 4.78 is 31.6. The summed E-state index contributed by atoms with van der Waals surface area (Å²) in [7, 11) is 0. The molecule has 0 aromatic heterocycles. The largest absolute Gasteiger partial charge is 0.480 e. The van der Waals surface area contributed by atoms with E-state index in [2.05, 4.69) is 10.1 Å². The number of benzene rings is 1. The maximum Gasteiger partial charge on any atom is 0.329 e. The lowest BCUT2D eigenvalue weighted by atomic mass is 10.1. The number of carbonyl (C=O) groups excluding carboxylic acids is 1. The van der Waals surface area contributed by atoms with Gasteiger partial charge in [0, 0.05) is 6.54 Å². The second-order valence-electron chi connectivity index (χ2n) is 3.76. The van der Waals surface area contributed by atoms with Crippen LogP contribution in [0, 0.1) is 18.6 Å². The number of hydrogen-bond donors (Lipinski definition) is 2. The second kappa shape index (κ2) is 6.79. The molecule has 0 aliphatic carbocycles. The maximum atomic E-state index is 13.6. The number of aryl methyl sites for hydroxylation is 1. The molecule has 0 bridgehead atoms. The van der Waals surface area contributed by atoms with Crippen LogP contribution < -0.4 is 5.32 Å². The predicted octanol–water partition coefficient (Wildman–Crippen LogP) is 1.10. The van der Waals surface area contributed by atoms with Gasteiger partial charge in [-0.05, 0) is 18.6 Å². The predicted molar refractivity (Wildman–Crippen MR) is 61.9 cm³/mol. The van der Waals surface area contributed by atoms with Gasteiger partial charge in [0.25, 0.3) is 5.91 Å². The Morgan fingerprint density at radius 1 is 1.37 bits per heavy atom. The molecule has 0 spiro atoms. The smallest absolute Gasteiger partial charge is 0.329 e. The Hall–Kier alpha value is -2.02. The standard InChI is InChI=1S/C12H13F2NO4/c1-7-2-3-8(13)10(11(7)14)12(18)15-4-5-19-6-9(16)17/h2-3H,4-6H2,1H3,(H,15,18)(H,16,17). The highest BCUT2D eigenvalue weighted by Gasteiger charge is 2.18. The van der Waals surface area contributed by atoms with Crippen molar-refractivity contribution in [3.8, 4) is 0 Å². The Morgan fingerprint density at radius 3 is 2.68 bits per heavy atom. The van der Waals surface area contributed by atoms with Gasteiger partial charge in [0.1, 0.15) is 23.8 Å². The van der Waals surface area contributed by atoms with Gasteiger partial charge in [-0.25, -0.2) is 13.6 Å². The second-order valence-corrected chi connectivity index (χ2v) is 3.76. The fourth-order valence-corrected chi connectivity index (χ4v) is 1.35. The van der Waals surface area contributed by atoms with Crippen molar-refractivity contribution in [1.82, 2.24) is 5.32 Å². The van der Waals surface area contributed by atoms with Gasteiger partial charge in [-0.2, -0.15) is 0 Å². The molecule has 0 aliphatic heterocycles. The molecule has 0 atom stereocenters. The van der Waals surface area contributed by atoms with Gasteiger partial charge < -0.3 is 15.2 Å². The lowest BCUT2D eigenvalue weighted by molar-refractivity contribution is -0.142. The van der Waals surface area contributed by atoms with E-state index in [0.29, 0.717) is 0 Å². The number of carboxylic acid groups (broad SMARTS) is 1. The molecule has 7 heteroatoms. The topological polar surface area (TPSA) is 75.6 Å². The van der Waals surface area contributed by atoms with E-state index in [9.17, 15) is 18.4 Å². The molecule has 19 heavy (non-hydrogen) atoms. The highest BCUT2D eigenvalue weighted by molar-refractivity contribution is 5.94. The lowest BCUT2D eigenvalue weighted by Gasteiger charge is -2.08. The van der Waals surface area contributed by atoms with Crippen molar-refractivity contribution in [3.05, 3.63) is 34.9 Å². The van der Waals surface area contributed by atoms with Crippen LogP contribution in [0.2, 0.25) is 0 Å². The average Bonchev–Trinajstić information content (AvgIpc) is 2.33. The molecule has 2 N–H and O–H groups in total. The van der Waals surface area contributed by atoms with Crippen LogP contribution in [-0.2, 0) is 9.53 Å². The Labute approximate surface area is 108 Å². The van der Waals surface area contributed by atoms with E-state index in [-0.39, 0.29) is 18.7 Å². The molecule has 0 heterocycles. The Kier molecular flexibility index (Phi) is 5.37. The molecule has 0 saturated carbocycles. The first-order valence-corrected chi connectivity index (χ1v) is 5.45. The summed E-state index contributed by atoms with van der Waals surface area (Å²) in [5.74, 6) is -3.91. The highest BCUT2D eigenvalue weighted by Crippen LogP contribution is 2.15. The van der Waals surface area contributed by atoms with Gasteiger partial charge in [0.2, 0.25) is 0 Å². The van der Waals surface area contributed by atoms with E-state index in [1.165, 1.54) is 13.0 Å². The third-order valence-corrected chi connectivity index (χ3v) is 2.27. The van der Waals surface area contributed by atoms with E-state index < -0.39 is 35.7 Å². The molecule has 0 saturated heterocycles. The van der Waals surface area contributed by atoms with E-state index in [1.54, 1.807) is 0 Å². The van der Waals surface area contributed by atoms with Crippen molar-refractivity contribution in [3.63, 3.8) is 0 Å². The van der Waals surface area contributed by atoms with Crippen LogP contribution in [0.1, 0.15) is 15.9 Å². The molecule has 0 unspecified atom stereocenters. The van der Waals surface area contributed by atoms with Crippen LogP contribution >= 0.6 is 0 Å². The molecule has 1 aromatic rings. The summed E-state index contributed by atoms with van der Waals surface area (Å²) in [6.45, 7) is 0.816. The zero-order valence-electron chi connectivity index (χ0n) is 10.2. The minimum Gasteiger partial charge on any atom is -0.480 e. The molecular formula is C12H13F2NO4. The van der Waals surface area contributed by atoms with Gasteiger partial charge in [0.15, 0.2) is 0 Å². The molecule has 5 nitrogen and oxygen atoms in total. The zero-order valence-corrected chi connectivity index (χ0v) is 10.2. The number of rotatable bonds is 6. The number of carbonyl (C=O) groups is 2. The van der Waals surface area contributed by atoms with E-state index in [1.807, 2.05) is 0 Å². The Bertz CT molecular complexity index is 491. The zero-order chi connectivity index (χ0) is 14.4. The molecule has 0 aliphatic rings. The van der Waals surface area contributed by atoms with Crippen molar-refractivity contribution < 1.29 is 28.2 Å². The Balaban J connectivity index is 2.55. The summed E-state index contributed by atoms with van der Waals surface area (Å²) in [6.07, 6.45) is 0. The van der Waals surface area contributed by atoms with Crippen molar-refractivity contribution in [2.75, 3.05) is 19.8 Å². The summed E-state index contributed by atoms with van der Waals surface area (Å²) in [6, 6.07) is 2.24. The Morgan fingerprint density at radius 2 is 2.05 bits per heavy atom. The lowest BCUT2D eigenvalue weighted by Crippen LogP contribution is -2.29. The first-order chi connectivity index (χ1) is 8.93. The number of ether oxygens (including phenoxy) is 1. The first kappa shape index (κ1) is 15.0. The van der Waals surface area contributed by atoms with Crippen LogP contribution in [0.3, 0.4) is 0 Å². The summed E-state index contributed by atoms with van der Waals surface area (Å²) in [4.78, 5) is 21.7. The fourth-order valence-electron chi connectivity index (χ4n) is 1.35. The van der Waals surface area contributed by atoms with E-state index in [4.69, 9.17) is 5.11 Å². The third-order valence-electron chi connectivity index (χ3n) is 2.27. The average molecular weight is 273 g/mol. The maximum absolute atomic E-state index is 13.6. The number of amides is 1. The summed E-state index contributed by atoms with van der Waals surface area (Å²) in [5, 5.41) is 10.5. The SMILES string of the molecule is Cc1ccc(F)c(C(=O)NCCOCC(=O)O)c1F. The van der Waals surface area contributed by atoms with Crippen molar-refractivity contribution in [2.45, 2.75) is 6.92 Å². The van der Waals surface area contributed by atoms with Crippen LogP contribution in [0.4, 0.5) is 8.78 Å². The van der Waals surface area contributed by atoms with Crippen molar-refractivity contribution in [1.29, 1.82) is 0 Å². The molecule has 1 rings (SSSR count). The quantitative estimate of drug-likeness (QED) is 0.761. The molecule has 104 valence electrons. The fraction of sp³-hybridized carbons (Fsp3) is 0.333. The first-order valence-electron chi connectivity index (χ1n) is 5.45. The minimum atomic E-state index is -1.14. The van der Waals surface area contributed by atoms with Crippen LogP contribution in [0.5, 0.6) is 0 Å². The van der Waals surface area contributed by atoms with Crippen molar-refractivity contribution >= 4 is 11.9 Å². The molecule has 0 radical (unpaired) electrons. The molecule has 0 fully saturated rings. The van der Waals surface area contributed by atoms with Gasteiger partial charge in [-0.3, -0.25) is 4.79 Å². The van der Waals surface area contributed by atoms with Gasteiger partial charge >= 0.3 is 5.97 Å². The van der Waals surface area contributed by atoms with Crippen LogP contribution in [-0.4, -0.2) is 36.7 Å². The van der Waals surface area contributed by atoms with Gasteiger partial charge in [-0.1, -0.05) is 6.07 Å². The number of halogens is 2.